The lowest BCUT2D eigenvalue weighted by atomic mass is 9.85. The first kappa shape index (κ1) is 23.7. The number of phenolic OH excluding ortho intramolecular Hbond substituents is 2. The zero-order chi connectivity index (χ0) is 22.1. The molecule has 3 heteroatoms. The van der Waals surface area contributed by atoms with Gasteiger partial charge in [0.2, 0.25) is 0 Å². The molecule has 0 amide bonds. The highest BCUT2D eigenvalue weighted by atomic mass is 31.1. The third-order valence-electron chi connectivity index (χ3n) is 5.40. The van der Waals surface area contributed by atoms with E-state index in [0.29, 0.717) is 11.5 Å². The van der Waals surface area contributed by atoms with Crippen LogP contribution in [0.1, 0.15) is 83.6 Å². The lowest BCUT2D eigenvalue weighted by Crippen LogP contribution is -2.22. The van der Waals surface area contributed by atoms with E-state index in [1.54, 1.807) is 0 Å². The Morgan fingerprint density at radius 1 is 0.724 bits per heavy atom. The summed E-state index contributed by atoms with van der Waals surface area (Å²) in [7, 11) is -0.858. The van der Waals surface area contributed by atoms with Crippen LogP contribution in [0.2, 0.25) is 0 Å². The Kier molecular flexibility index (Phi) is 7.11. The third-order valence-corrected chi connectivity index (χ3v) is 8.01. The predicted molar refractivity (Wildman–Crippen MR) is 129 cm³/mol. The lowest BCUT2D eigenvalue weighted by molar-refractivity contribution is 0.450. The molecule has 2 rings (SSSR count). The first-order valence-corrected chi connectivity index (χ1v) is 12.3. The number of unbranched alkanes of at least 4 members (excludes halogenated alkanes) is 1. The third kappa shape index (κ3) is 5.34. The highest BCUT2D eigenvalue weighted by molar-refractivity contribution is 7.73. The van der Waals surface area contributed by atoms with Crippen molar-refractivity contribution in [3.05, 3.63) is 46.5 Å². The van der Waals surface area contributed by atoms with Crippen molar-refractivity contribution in [2.45, 2.75) is 86.0 Å². The number of rotatable bonds is 5. The molecule has 0 spiro atoms. The second-order valence-corrected chi connectivity index (χ2v) is 12.6. The van der Waals surface area contributed by atoms with Crippen LogP contribution in [0.4, 0.5) is 0 Å². The van der Waals surface area contributed by atoms with E-state index in [1.165, 1.54) is 0 Å². The smallest absolute Gasteiger partial charge is 0.127 e. The quantitative estimate of drug-likeness (QED) is 0.545. The Morgan fingerprint density at radius 2 is 1.10 bits per heavy atom. The molecule has 0 heterocycles. The number of phenols is 2. The van der Waals surface area contributed by atoms with Gasteiger partial charge in [-0.2, -0.15) is 0 Å². The van der Waals surface area contributed by atoms with Gasteiger partial charge in [0.05, 0.1) is 0 Å². The van der Waals surface area contributed by atoms with E-state index in [0.717, 1.165) is 51.9 Å². The predicted octanol–water partition coefficient (Wildman–Crippen LogP) is 6.54. The van der Waals surface area contributed by atoms with Crippen molar-refractivity contribution in [3.63, 3.8) is 0 Å². The molecule has 29 heavy (non-hydrogen) atoms. The molecular formula is C26H39O2P. The summed E-state index contributed by atoms with van der Waals surface area (Å²) in [6.07, 6.45) is 3.13. The second-order valence-electron chi connectivity index (χ2n) is 10.4. The van der Waals surface area contributed by atoms with E-state index in [4.69, 9.17) is 0 Å². The van der Waals surface area contributed by atoms with Gasteiger partial charge in [-0.1, -0.05) is 67.0 Å². The van der Waals surface area contributed by atoms with Gasteiger partial charge in [-0.15, -0.1) is 0 Å². The van der Waals surface area contributed by atoms with Crippen LogP contribution >= 0.6 is 7.92 Å². The molecule has 160 valence electrons. The zero-order valence-corrected chi connectivity index (χ0v) is 20.7. The summed E-state index contributed by atoms with van der Waals surface area (Å²) >= 11 is 0. The summed E-state index contributed by atoms with van der Waals surface area (Å²) in [6, 6.07) is 8.46. The van der Waals surface area contributed by atoms with Gasteiger partial charge in [0.1, 0.15) is 11.5 Å². The Morgan fingerprint density at radius 3 is 1.41 bits per heavy atom. The highest BCUT2D eigenvalue weighted by Gasteiger charge is 2.29. The Balaban J connectivity index is 2.79. The first-order chi connectivity index (χ1) is 13.3. The van der Waals surface area contributed by atoms with E-state index in [-0.39, 0.29) is 10.8 Å². The number of hydrogen-bond acceptors (Lipinski definition) is 2. The maximum absolute atomic E-state index is 11.3. The molecule has 0 aromatic heterocycles. The fraction of sp³-hybridized carbons (Fsp3) is 0.538. The van der Waals surface area contributed by atoms with Gasteiger partial charge in [0.25, 0.3) is 0 Å². The summed E-state index contributed by atoms with van der Waals surface area (Å²) in [6.45, 7) is 19.2. The largest absolute Gasteiger partial charge is 0.507 e. The van der Waals surface area contributed by atoms with Gasteiger partial charge in [-0.25, -0.2) is 0 Å². The van der Waals surface area contributed by atoms with Crippen molar-refractivity contribution >= 4 is 18.5 Å². The first-order valence-electron chi connectivity index (χ1n) is 10.7. The van der Waals surface area contributed by atoms with E-state index in [1.807, 2.05) is 0 Å². The molecule has 0 fully saturated rings. The number of hydrogen-bond donors (Lipinski definition) is 2. The van der Waals surface area contributed by atoms with Crippen LogP contribution in [0, 0.1) is 13.8 Å². The molecule has 0 bridgehead atoms. The van der Waals surface area contributed by atoms with Crippen LogP contribution in [0.5, 0.6) is 11.5 Å². The van der Waals surface area contributed by atoms with Gasteiger partial charge in [0, 0.05) is 21.7 Å². The minimum absolute atomic E-state index is 0.137. The molecule has 0 radical (unpaired) electrons. The van der Waals surface area contributed by atoms with E-state index in [2.05, 4.69) is 86.6 Å². The van der Waals surface area contributed by atoms with Crippen LogP contribution in [0.15, 0.2) is 24.3 Å². The van der Waals surface area contributed by atoms with Gasteiger partial charge in [-0.05, 0) is 68.4 Å². The molecule has 2 N–H and O–H groups in total. The molecule has 0 unspecified atom stereocenters. The SMILES string of the molecule is CCCCP(c1cc(C)cc(C(C)(C)C)c1O)c1cc(C)cc(C(C)(C)C)c1O. The summed E-state index contributed by atoms with van der Waals surface area (Å²) < 4.78 is 0. The number of aryl methyl sites for hydroxylation is 2. The van der Waals surface area contributed by atoms with Crippen molar-refractivity contribution in [2.75, 3.05) is 6.16 Å². The minimum Gasteiger partial charge on any atom is -0.507 e. The summed E-state index contributed by atoms with van der Waals surface area (Å²) in [5.74, 6) is 0.812. The Hall–Kier alpha value is -1.53. The zero-order valence-electron chi connectivity index (χ0n) is 19.8. The van der Waals surface area contributed by atoms with Crippen LogP contribution in [-0.2, 0) is 10.8 Å². The van der Waals surface area contributed by atoms with Crippen LogP contribution in [-0.4, -0.2) is 16.4 Å². The number of aromatic hydroxyl groups is 2. The van der Waals surface area contributed by atoms with Crippen LogP contribution in [0.25, 0.3) is 0 Å². The van der Waals surface area contributed by atoms with Crippen LogP contribution in [0.3, 0.4) is 0 Å². The maximum Gasteiger partial charge on any atom is 0.127 e. The van der Waals surface area contributed by atoms with E-state index < -0.39 is 7.92 Å². The molecule has 0 atom stereocenters. The fourth-order valence-corrected chi connectivity index (χ4v) is 6.61. The van der Waals surface area contributed by atoms with Gasteiger partial charge in [0.15, 0.2) is 0 Å². The topological polar surface area (TPSA) is 40.5 Å². The van der Waals surface area contributed by atoms with E-state index >= 15 is 0 Å². The van der Waals surface area contributed by atoms with Crippen molar-refractivity contribution in [3.8, 4) is 11.5 Å². The standard InChI is InChI=1S/C26H39O2P/c1-10-11-12-29(21-15-17(2)13-19(23(21)27)25(4,5)6)22-16-18(3)14-20(24(22)28)26(7,8)9/h13-16,27-28H,10-12H2,1-9H3. The van der Waals surface area contributed by atoms with Crippen molar-refractivity contribution in [1.29, 1.82) is 0 Å². The van der Waals surface area contributed by atoms with E-state index in [9.17, 15) is 10.2 Å². The Bertz CT molecular complexity index is 800. The molecule has 0 aliphatic heterocycles. The molecule has 2 aromatic carbocycles. The van der Waals surface area contributed by atoms with Gasteiger partial charge >= 0.3 is 0 Å². The normalized spacial score (nSPS) is 12.6. The summed E-state index contributed by atoms with van der Waals surface area (Å²) in [4.78, 5) is 0. The monoisotopic (exact) mass is 414 g/mol. The highest BCUT2D eigenvalue weighted by Crippen LogP contribution is 2.46. The minimum atomic E-state index is -0.858. The van der Waals surface area contributed by atoms with Crippen LogP contribution < -0.4 is 10.6 Å². The summed E-state index contributed by atoms with van der Waals surface area (Å²) in [5, 5.41) is 24.6. The molecule has 0 saturated carbocycles. The van der Waals surface area contributed by atoms with Gasteiger partial charge in [-0.3, -0.25) is 0 Å². The lowest BCUT2D eigenvalue weighted by Gasteiger charge is -2.29. The molecular weight excluding hydrogens is 375 g/mol. The molecule has 2 aromatic rings. The second kappa shape index (κ2) is 8.68. The number of benzene rings is 2. The maximum atomic E-state index is 11.3. The molecule has 0 aliphatic rings. The molecule has 2 nitrogen and oxygen atoms in total. The average molecular weight is 415 g/mol. The molecule has 0 saturated heterocycles. The molecule has 0 aliphatic carbocycles. The fourth-order valence-electron chi connectivity index (χ4n) is 3.76. The van der Waals surface area contributed by atoms with Crippen molar-refractivity contribution in [2.24, 2.45) is 0 Å². The average Bonchev–Trinajstić information content (AvgIpc) is 2.58. The summed E-state index contributed by atoms with van der Waals surface area (Å²) in [5.41, 5.74) is 4.02. The Labute approximate surface area is 179 Å². The van der Waals surface area contributed by atoms with Gasteiger partial charge < -0.3 is 10.2 Å². The van der Waals surface area contributed by atoms with Crippen molar-refractivity contribution < 1.29 is 10.2 Å². The van der Waals surface area contributed by atoms with Crippen molar-refractivity contribution in [1.82, 2.24) is 0 Å².